The van der Waals surface area contributed by atoms with Crippen molar-refractivity contribution >= 4 is 5.65 Å². The maximum absolute atomic E-state index is 12.8. The Labute approximate surface area is 127 Å². The van der Waals surface area contributed by atoms with Crippen LogP contribution in [0.4, 0.5) is 17.6 Å². The van der Waals surface area contributed by atoms with Crippen LogP contribution in [0.15, 0.2) is 36.7 Å². The van der Waals surface area contributed by atoms with Gasteiger partial charge in [-0.3, -0.25) is 9.38 Å². The van der Waals surface area contributed by atoms with Gasteiger partial charge in [0.25, 0.3) is 6.43 Å². The van der Waals surface area contributed by atoms with Crippen molar-refractivity contribution in [2.45, 2.75) is 19.5 Å². The van der Waals surface area contributed by atoms with E-state index >= 15 is 0 Å². The van der Waals surface area contributed by atoms with Crippen LogP contribution in [0.2, 0.25) is 0 Å². The Morgan fingerprint density at radius 3 is 2.43 bits per heavy atom. The van der Waals surface area contributed by atoms with E-state index in [4.69, 9.17) is 0 Å². The number of nitrogens with zero attached hydrogens (tertiary/aromatic N) is 4. The minimum atomic E-state index is -3.28. The van der Waals surface area contributed by atoms with E-state index in [1.165, 1.54) is 36.7 Å². The fraction of sp³-hybridized carbons (Fsp3) is 0.214. The van der Waals surface area contributed by atoms with Crippen molar-refractivity contribution < 1.29 is 22.3 Å². The molecule has 0 fully saturated rings. The van der Waals surface area contributed by atoms with Gasteiger partial charge in [-0.25, -0.2) is 8.78 Å². The summed E-state index contributed by atoms with van der Waals surface area (Å²) in [6.45, 7) is 0.633. The standard InChI is InChI=1S/C14H10F4N4O/c1-14(17,18)23-9-4-2-8(3-5-9)10-7-22-11(6-19-10)20-21-13(22)12(15)16/h2-7,12H,1H3. The molecule has 2 heterocycles. The molecule has 0 radical (unpaired) electrons. The summed E-state index contributed by atoms with van der Waals surface area (Å²) in [4.78, 5) is 4.10. The zero-order valence-corrected chi connectivity index (χ0v) is 11.8. The van der Waals surface area contributed by atoms with Crippen molar-refractivity contribution in [2.24, 2.45) is 0 Å². The number of alkyl halides is 4. The molecule has 0 aliphatic heterocycles. The molecule has 120 valence electrons. The number of benzene rings is 1. The molecule has 0 spiro atoms. The summed E-state index contributed by atoms with van der Waals surface area (Å²) in [6.07, 6.45) is -3.39. The first kappa shape index (κ1) is 15.2. The molecule has 0 bridgehead atoms. The van der Waals surface area contributed by atoms with Gasteiger partial charge in [0.2, 0.25) is 5.82 Å². The highest BCUT2D eigenvalue weighted by molar-refractivity contribution is 5.60. The molecule has 1 aromatic carbocycles. The zero-order valence-electron chi connectivity index (χ0n) is 11.8. The molecular formula is C14H10F4N4O. The SMILES string of the molecule is CC(F)(F)Oc1ccc(-c2cn3c(C(F)F)nnc3cn2)cc1. The van der Waals surface area contributed by atoms with E-state index in [1.807, 2.05) is 0 Å². The predicted octanol–water partition coefficient (Wildman–Crippen LogP) is 3.72. The molecule has 23 heavy (non-hydrogen) atoms. The van der Waals surface area contributed by atoms with E-state index in [9.17, 15) is 17.6 Å². The zero-order chi connectivity index (χ0) is 16.6. The Kier molecular flexibility index (Phi) is 3.63. The van der Waals surface area contributed by atoms with Crippen molar-refractivity contribution in [3.63, 3.8) is 0 Å². The Morgan fingerprint density at radius 1 is 1.13 bits per heavy atom. The molecule has 0 N–H and O–H groups in total. The van der Waals surface area contributed by atoms with Gasteiger partial charge in [0.1, 0.15) is 5.75 Å². The largest absolute Gasteiger partial charge is 0.433 e. The molecule has 3 rings (SSSR count). The van der Waals surface area contributed by atoms with Gasteiger partial charge in [-0.2, -0.15) is 8.78 Å². The van der Waals surface area contributed by atoms with Crippen LogP contribution in [0.5, 0.6) is 5.75 Å². The molecule has 3 aromatic rings. The molecule has 5 nitrogen and oxygen atoms in total. The van der Waals surface area contributed by atoms with E-state index in [0.29, 0.717) is 18.2 Å². The van der Waals surface area contributed by atoms with Gasteiger partial charge >= 0.3 is 6.11 Å². The number of aromatic nitrogens is 4. The van der Waals surface area contributed by atoms with E-state index in [1.54, 1.807) is 0 Å². The van der Waals surface area contributed by atoms with Crippen LogP contribution < -0.4 is 4.74 Å². The molecule has 2 aromatic heterocycles. The fourth-order valence-electron chi connectivity index (χ4n) is 2.02. The molecule has 0 unspecified atom stereocenters. The molecule has 0 saturated heterocycles. The average Bonchev–Trinajstić information content (AvgIpc) is 2.89. The number of rotatable bonds is 4. The lowest BCUT2D eigenvalue weighted by atomic mass is 10.1. The van der Waals surface area contributed by atoms with Gasteiger partial charge in [0.15, 0.2) is 5.65 Å². The smallest absolute Gasteiger partial charge is 0.394 e. The van der Waals surface area contributed by atoms with E-state index in [-0.39, 0.29) is 11.4 Å². The molecule has 0 amide bonds. The number of halogens is 4. The van der Waals surface area contributed by atoms with Gasteiger partial charge in [0, 0.05) is 18.7 Å². The maximum atomic E-state index is 12.8. The first-order valence-corrected chi connectivity index (χ1v) is 6.49. The number of hydrogen-bond donors (Lipinski definition) is 0. The Bertz CT molecular complexity index is 827. The second-order valence-electron chi connectivity index (χ2n) is 4.79. The first-order valence-electron chi connectivity index (χ1n) is 6.49. The molecule has 0 aliphatic carbocycles. The Morgan fingerprint density at radius 2 is 1.83 bits per heavy atom. The minimum Gasteiger partial charge on any atom is -0.433 e. The van der Waals surface area contributed by atoms with E-state index < -0.39 is 18.4 Å². The topological polar surface area (TPSA) is 52.3 Å². The van der Waals surface area contributed by atoms with Crippen molar-refractivity contribution in [3.05, 3.63) is 42.5 Å². The fourth-order valence-corrected chi connectivity index (χ4v) is 2.02. The van der Waals surface area contributed by atoms with Crippen molar-refractivity contribution in [1.82, 2.24) is 19.6 Å². The molecule has 0 saturated carbocycles. The van der Waals surface area contributed by atoms with Crippen LogP contribution in [-0.4, -0.2) is 25.7 Å². The van der Waals surface area contributed by atoms with Crippen LogP contribution in [0, 0.1) is 0 Å². The van der Waals surface area contributed by atoms with Gasteiger partial charge in [-0.05, 0) is 24.3 Å². The van der Waals surface area contributed by atoms with Gasteiger partial charge in [0.05, 0.1) is 11.9 Å². The summed E-state index contributed by atoms with van der Waals surface area (Å²) in [5.41, 5.74) is 1.11. The highest BCUT2D eigenvalue weighted by atomic mass is 19.3. The average molecular weight is 326 g/mol. The minimum absolute atomic E-state index is 0.0140. The predicted molar refractivity (Wildman–Crippen MR) is 72.4 cm³/mol. The Hall–Kier alpha value is -2.71. The summed E-state index contributed by atoms with van der Waals surface area (Å²) in [7, 11) is 0. The van der Waals surface area contributed by atoms with Crippen molar-refractivity contribution in [3.8, 4) is 17.0 Å². The summed E-state index contributed by atoms with van der Waals surface area (Å²) in [5, 5.41) is 7.00. The van der Waals surface area contributed by atoms with Crippen LogP contribution in [0.1, 0.15) is 19.2 Å². The number of fused-ring (bicyclic) bond motifs is 1. The van der Waals surface area contributed by atoms with Crippen molar-refractivity contribution in [1.29, 1.82) is 0 Å². The normalized spacial score (nSPS) is 12.1. The van der Waals surface area contributed by atoms with Crippen LogP contribution in [-0.2, 0) is 0 Å². The molecular weight excluding hydrogens is 316 g/mol. The van der Waals surface area contributed by atoms with Crippen LogP contribution in [0.25, 0.3) is 16.9 Å². The van der Waals surface area contributed by atoms with Crippen LogP contribution in [0.3, 0.4) is 0 Å². The van der Waals surface area contributed by atoms with E-state index in [2.05, 4.69) is 19.9 Å². The third-order valence-electron chi connectivity index (χ3n) is 2.96. The summed E-state index contributed by atoms with van der Waals surface area (Å²) < 4.78 is 56.8. The van der Waals surface area contributed by atoms with Gasteiger partial charge in [-0.15, -0.1) is 10.2 Å². The lowest BCUT2D eigenvalue weighted by Gasteiger charge is -2.13. The second kappa shape index (κ2) is 5.49. The molecule has 9 heteroatoms. The lowest BCUT2D eigenvalue weighted by Crippen LogP contribution is -2.18. The third-order valence-corrected chi connectivity index (χ3v) is 2.96. The van der Waals surface area contributed by atoms with Crippen molar-refractivity contribution in [2.75, 3.05) is 0 Å². The van der Waals surface area contributed by atoms with E-state index in [0.717, 1.165) is 4.40 Å². The van der Waals surface area contributed by atoms with Gasteiger partial charge < -0.3 is 4.74 Å². The Balaban J connectivity index is 1.95. The maximum Gasteiger partial charge on any atom is 0.394 e. The molecule has 0 aliphatic rings. The number of ether oxygens (including phenoxy) is 1. The third kappa shape index (κ3) is 3.22. The summed E-state index contributed by atoms with van der Waals surface area (Å²) in [5.74, 6) is -0.505. The second-order valence-corrected chi connectivity index (χ2v) is 4.79. The quantitative estimate of drug-likeness (QED) is 0.686. The summed E-state index contributed by atoms with van der Waals surface area (Å²) >= 11 is 0. The first-order chi connectivity index (χ1) is 10.8. The lowest BCUT2D eigenvalue weighted by molar-refractivity contribution is -0.158. The molecule has 0 atom stereocenters. The highest BCUT2D eigenvalue weighted by Gasteiger charge is 2.23. The number of hydrogen-bond acceptors (Lipinski definition) is 4. The van der Waals surface area contributed by atoms with Gasteiger partial charge in [-0.1, -0.05) is 0 Å². The summed E-state index contributed by atoms with van der Waals surface area (Å²) in [6, 6.07) is 5.70. The van der Waals surface area contributed by atoms with Crippen LogP contribution >= 0.6 is 0 Å². The highest BCUT2D eigenvalue weighted by Crippen LogP contribution is 2.25. The monoisotopic (exact) mass is 326 g/mol.